The van der Waals surface area contributed by atoms with Gasteiger partial charge >= 0.3 is 0 Å². The SMILES string of the molecule is CCCCCCCOc1ccc(-c2ccc(CCc3ccc(CCCCCC)cn3)cc2)cc1.CCCCCCOc1ccc(-c2ccc(CCc3ccc(CCCCCC)cn3)cc2)cc1. The fraction of sp³-hybridized carbons (Fsp3) is 0.460. The first-order valence-corrected chi connectivity index (χ1v) is 26.6. The monoisotopic (exact) mass is 901 g/mol. The third-order valence-electron chi connectivity index (χ3n) is 12.8. The van der Waals surface area contributed by atoms with Crippen LogP contribution in [0.3, 0.4) is 0 Å². The van der Waals surface area contributed by atoms with E-state index in [2.05, 4.69) is 166 Å². The molecule has 358 valence electrons. The van der Waals surface area contributed by atoms with Gasteiger partial charge in [-0.15, -0.1) is 0 Å². The summed E-state index contributed by atoms with van der Waals surface area (Å²) in [5.41, 5.74) is 12.8. The predicted octanol–water partition coefficient (Wildman–Crippen LogP) is 17.6. The number of nitrogens with zero attached hydrogens (tertiary/aromatic N) is 2. The molecule has 0 radical (unpaired) electrons. The second-order valence-corrected chi connectivity index (χ2v) is 18.6. The van der Waals surface area contributed by atoms with Crippen LogP contribution < -0.4 is 9.47 Å². The molecule has 2 aromatic heterocycles. The van der Waals surface area contributed by atoms with Gasteiger partial charge in [0.2, 0.25) is 0 Å². The van der Waals surface area contributed by atoms with E-state index in [1.165, 1.54) is 152 Å². The highest BCUT2D eigenvalue weighted by molar-refractivity contribution is 5.65. The summed E-state index contributed by atoms with van der Waals surface area (Å²) < 4.78 is 11.8. The minimum absolute atomic E-state index is 0.810. The van der Waals surface area contributed by atoms with Crippen LogP contribution in [0.1, 0.15) is 170 Å². The van der Waals surface area contributed by atoms with Crippen molar-refractivity contribution in [3.63, 3.8) is 0 Å². The van der Waals surface area contributed by atoms with Crippen molar-refractivity contribution >= 4 is 0 Å². The highest BCUT2D eigenvalue weighted by Crippen LogP contribution is 2.25. The van der Waals surface area contributed by atoms with Crippen molar-refractivity contribution in [2.24, 2.45) is 0 Å². The van der Waals surface area contributed by atoms with Crippen LogP contribution in [-0.4, -0.2) is 23.2 Å². The van der Waals surface area contributed by atoms with Gasteiger partial charge in [0.15, 0.2) is 0 Å². The number of aryl methyl sites for hydroxylation is 6. The maximum absolute atomic E-state index is 5.90. The van der Waals surface area contributed by atoms with Gasteiger partial charge in [0.1, 0.15) is 11.5 Å². The molecule has 0 saturated carbocycles. The lowest BCUT2D eigenvalue weighted by Gasteiger charge is -2.08. The van der Waals surface area contributed by atoms with Crippen LogP contribution >= 0.6 is 0 Å². The third kappa shape index (κ3) is 21.1. The molecule has 0 aliphatic rings. The van der Waals surface area contributed by atoms with Crippen LogP contribution in [0.2, 0.25) is 0 Å². The topological polar surface area (TPSA) is 44.2 Å². The van der Waals surface area contributed by atoms with Gasteiger partial charge in [0.25, 0.3) is 0 Å². The molecule has 0 aliphatic heterocycles. The molecule has 0 saturated heterocycles. The van der Waals surface area contributed by atoms with Crippen molar-refractivity contribution in [2.75, 3.05) is 13.2 Å². The fourth-order valence-electron chi connectivity index (χ4n) is 8.39. The van der Waals surface area contributed by atoms with E-state index in [1.54, 1.807) is 0 Å². The number of ether oxygens (including phenoxy) is 2. The molecule has 6 rings (SSSR count). The summed E-state index contributed by atoms with van der Waals surface area (Å²) in [6.45, 7) is 10.6. The molecule has 0 unspecified atom stereocenters. The molecule has 0 atom stereocenters. The molecule has 0 bridgehead atoms. The number of hydrogen-bond acceptors (Lipinski definition) is 4. The first-order valence-electron chi connectivity index (χ1n) is 26.6. The molecule has 6 aromatic rings. The summed E-state index contributed by atoms with van der Waals surface area (Å²) in [5, 5.41) is 0. The molecule has 0 aliphatic carbocycles. The standard InChI is InChI=1S/C32H43NO.C31H41NO/c1-3-5-7-9-11-25-34-32-23-19-30(20-24-32)29-17-13-27(14-18-29)15-21-31-22-16-28(26-33-31)12-10-8-6-4-2;1-3-5-7-9-11-27-15-21-30(32-25-27)20-14-26-12-16-28(17-13-26)29-18-22-31(23-19-29)33-24-10-8-6-4-2/h13-14,16-20,22-24,26H,3-12,15,21,25H2,1-2H3;12-13,15-19,21-23,25H,3-11,14,20,24H2,1-2H3. The first kappa shape index (κ1) is 52.7. The Kier molecular flexibility index (Phi) is 25.6. The van der Waals surface area contributed by atoms with Gasteiger partial charge < -0.3 is 9.47 Å². The number of benzene rings is 4. The Morgan fingerprint density at radius 1 is 0.284 bits per heavy atom. The van der Waals surface area contributed by atoms with E-state index in [0.717, 1.165) is 76.1 Å². The van der Waals surface area contributed by atoms with Gasteiger partial charge in [-0.1, -0.05) is 196 Å². The lowest BCUT2D eigenvalue weighted by molar-refractivity contribution is 0.304. The molecular weight excluding hydrogens is 817 g/mol. The maximum atomic E-state index is 5.90. The van der Waals surface area contributed by atoms with Gasteiger partial charge in [-0.25, -0.2) is 0 Å². The molecule has 0 N–H and O–H groups in total. The van der Waals surface area contributed by atoms with Gasteiger partial charge in [-0.2, -0.15) is 0 Å². The van der Waals surface area contributed by atoms with E-state index in [0.29, 0.717) is 0 Å². The summed E-state index contributed by atoms with van der Waals surface area (Å²) in [6, 6.07) is 43.8. The molecular formula is C63H84N2O2. The Bertz CT molecular complexity index is 2120. The van der Waals surface area contributed by atoms with Crippen molar-refractivity contribution < 1.29 is 9.47 Å². The maximum Gasteiger partial charge on any atom is 0.119 e. The Labute approximate surface area is 407 Å². The van der Waals surface area contributed by atoms with Gasteiger partial charge in [0.05, 0.1) is 13.2 Å². The molecule has 4 nitrogen and oxygen atoms in total. The average molecular weight is 901 g/mol. The lowest BCUT2D eigenvalue weighted by atomic mass is 10.0. The number of hydrogen-bond donors (Lipinski definition) is 0. The van der Waals surface area contributed by atoms with E-state index >= 15 is 0 Å². The summed E-state index contributed by atoms with van der Waals surface area (Å²) in [5.74, 6) is 1.93. The van der Waals surface area contributed by atoms with Crippen LogP contribution in [0.25, 0.3) is 22.3 Å². The first-order chi connectivity index (χ1) is 33.1. The summed E-state index contributed by atoms with van der Waals surface area (Å²) in [7, 11) is 0. The quantitative estimate of drug-likeness (QED) is 0.0408. The molecule has 67 heavy (non-hydrogen) atoms. The van der Waals surface area contributed by atoms with Crippen molar-refractivity contribution in [1.29, 1.82) is 0 Å². The second-order valence-electron chi connectivity index (χ2n) is 18.6. The molecule has 0 fully saturated rings. The highest BCUT2D eigenvalue weighted by atomic mass is 16.5. The fourth-order valence-corrected chi connectivity index (χ4v) is 8.39. The Hall–Kier alpha value is -5.22. The molecule has 0 amide bonds. The lowest BCUT2D eigenvalue weighted by Crippen LogP contribution is -1.97. The van der Waals surface area contributed by atoms with Crippen molar-refractivity contribution in [2.45, 2.75) is 175 Å². The van der Waals surface area contributed by atoms with Crippen LogP contribution in [-0.2, 0) is 38.5 Å². The Balaban J connectivity index is 0.000000251. The van der Waals surface area contributed by atoms with E-state index in [1.807, 2.05) is 0 Å². The minimum Gasteiger partial charge on any atom is -0.494 e. The smallest absolute Gasteiger partial charge is 0.119 e. The Morgan fingerprint density at radius 2 is 0.597 bits per heavy atom. The summed E-state index contributed by atoms with van der Waals surface area (Å²) >= 11 is 0. The summed E-state index contributed by atoms with van der Waals surface area (Å²) in [6.07, 6.45) is 32.2. The van der Waals surface area contributed by atoms with E-state index in [4.69, 9.17) is 14.5 Å². The van der Waals surface area contributed by atoms with Crippen molar-refractivity contribution in [3.8, 4) is 33.8 Å². The van der Waals surface area contributed by atoms with E-state index < -0.39 is 0 Å². The number of unbranched alkanes of at least 4 members (excludes halogenated alkanes) is 13. The van der Waals surface area contributed by atoms with Crippen LogP contribution in [0.4, 0.5) is 0 Å². The summed E-state index contributed by atoms with van der Waals surface area (Å²) in [4.78, 5) is 9.38. The van der Waals surface area contributed by atoms with Gasteiger partial charge in [0, 0.05) is 23.8 Å². The van der Waals surface area contributed by atoms with Gasteiger partial charge in [-0.3, -0.25) is 9.97 Å². The predicted molar refractivity (Wildman–Crippen MR) is 287 cm³/mol. The number of rotatable bonds is 31. The number of pyridine rings is 2. The number of aromatic nitrogens is 2. The zero-order valence-corrected chi connectivity index (χ0v) is 42.1. The van der Waals surface area contributed by atoms with Crippen molar-refractivity contribution in [1.82, 2.24) is 9.97 Å². The van der Waals surface area contributed by atoms with Crippen molar-refractivity contribution in [3.05, 3.63) is 167 Å². The zero-order chi connectivity index (χ0) is 47.0. The van der Waals surface area contributed by atoms with Crippen LogP contribution in [0.5, 0.6) is 11.5 Å². The molecule has 0 spiro atoms. The highest BCUT2D eigenvalue weighted by Gasteiger charge is 2.05. The second kappa shape index (κ2) is 32.5. The van der Waals surface area contributed by atoms with Gasteiger partial charge in [-0.05, 0) is 145 Å². The minimum atomic E-state index is 0.810. The normalized spacial score (nSPS) is 11.0. The zero-order valence-electron chi connectivity index (χ0n) is 42.1. The van der Waals surface area contributed by atoms with Crippen LogP contribution in [0.15, 0.2) is 134 Å². The third-order valence-corrected chi connectivity index (χ3v) is 12.8. The van der Waals surface area contributed by atoms with E-state index in [-0.39, 0.29) is 0 Å². The van der Waals surface area contributed by atoms with E-state index in [9.17, 15) is 0 Å². The average Bonchev–Trinajstić information content (AvgIpc) is 3.38. The van der Waals surface area contributed by atoms with Crippen LogP contribution in [0, 0.1) is 0 Å². The largest absolute Gasteiger partial charge is 0.494 e. The molecule has 4 heteroatoms. The molecule has 4 aromatic carbocycles. The Morgan fingerprint density at radius 3 is 0.940 bits per heavy atom. The molecule has 2 heterocycles.